The molecule has 0 amide bonds. The molecular weight excluding hydrogens is 174 g/mol. The third-order valence-electron chi connectivity index (χ3n) is 2.85. The zero-order valence-electron chi connectivity index (χ0n) is 10.1. The summed E-state index contributed by atoms with van der Waals surface area (Å²) in [5, 5.41) is 3.63. The minimum atomic E-state index is 0.0771. The van der Waals surface area contributed by atoms with Gasteiger partial charge in [-0.3, -0.25) is 0 Å². The predicted molar refractivity (Wildman–Crippen MR) is 60.5 cm³/mol. The van der Waals surface area contributed by atoms with Gasteiger partial charge >= 0.3 is 0 Å². The molecule has 0 radical (unpaired) electrons. The summed E-state index contributed by atoms with van der Waals surface area (Å²) < 4.78 is 5.68. The molecule has 1 heterocycles. The summed E-state index contributed by atoms with van der Waals surface area (Å²) in [4.78, 5) is 0. The fourth-order valence-electron chi connectivity index (χ4n) is 1.98. The van der Waals surface area contributed by atoms with E-state index in [1.54, 1.807) is 0 Å². The van der Waals surface area contributed by atoms with Crippen molar-refractivity contribution >= 4 is 0 Å². The van der Waals surface area contributed by atoms with Crippen LogP contribution in [0.5, 0.6) is 0 Å². The second-order valence-corrected chi connectivity index (χ2v) is 5.43. The first kappa shape index (κ1) is 12.0. The Hall–Kier alpha value is -0.0800. The molecule has 0 bridgehead atoms. The first-order valence-electron chi connectivity index (χ1n) is 5.87. The van der Waals surface area contributed by atoms with Gasteiger partial charge in [-0.1, -0.05) is 13.8 Å². The van der Waals surface area contributed by atoms with Crippen molar-refractivity contribution in [2.75, 3.05) is 13.2 Å². The molecule has 1 fully saturated rings. The molecule has 1 aliphatic rings. The Labute approximate surface area is 88.4 Å². The highest BCUT2D eigenvalue weighted by molar-refractivity contribution is 4.82. The van der Waals surface area contributed by atoms with Crippen LogP contribution in [-0.2, 0) is 4.74 Å². The van der Waals surface area contributed by atoms with Crippen LogP contribution in [0.2, 0.25) is 0 Å². The van der Waals surface area contributed by atoms with Crippen molar-refractivity contribution < 1.29 is 4.74 Å². The molecule has 0 aromatic carbocycles. The van der Waals surface area contributed by atoms with Gasteiger partial charge < -0.3 is 10.1 Å². The minimum Gasteiger partial charge on any atom is -0.375 e. The highest BCUT2D eigenvalue weighted by Gasteiger charge is 2.28. The summed E-state index contributed by atoms with van der Waals surface area (Å²) in [7, 11) is 0. The summed E-state index contributed by atoms with van der Waals surface area (Å²) in [6.07, 6.45) is 3.59. The lowest BCUT2D eigenvalue weighted by atomic mass is 9.94. The monoisotopic (exact) mass is 199 g/mol. The van der Waals surface area contributed by atoms with Gasteiger partial charge in [0.05, 0.1) is 5.60 Å². The van der Waals surface area contributed by atoms with Gasteiger partial charge in [-0.2, -0.15) is 0 Å². The van der Waals surface area contributed by atoms with E-state index in [0.717, 1.165) is 25.5 Å². The van der Waals surface area contributed by atoms with E-state index in [0.29, 0.717) is 6.04 Å². The van der Waals surface area contributed by atoms with E-state index in [1.165, 1.54) is 12.8 Å². The van der Waals surface area contributed by atoms with Crippen molar-refractivity contribution in [2.45, 2.75) is 58.6 Å². The Kier molecular flexibility index (Phi) is 4.39. The fraction of sp³-hybridized carbons (Fsp3) is 1.00. The van der Waals surface area contributed by atoms with Gasteiger partial charge in [-0.25, -0.2) is 0 Å². The maximum absolute atomic E-state index is 5.68. The molecule has 0 aromatic heterocycles. The van der Waals surface area contributed by atoms with E-state index in [1.807, 2.05) is 0 Å². The van der Waals surface area contributed by atoms with Crippen LogP contribution < -0.4 is 5.32 Å². The molecular formula is C12H25NO. The standard InChI is InChI=1S/C12H25NO/c1-10(2)5-7-13-11-6-8-14-12(3,4)9-11/h10-11,13H,5-9H2,1-4H3. The number of ether oxygens (including phenoxy) is 1. The van der Waals surface area contributed by atoms with Crippen LogP contribution in [0, 0.1) is 5.92 Å². The third-order valence-corrected chi connectivity index (χ3v) is 2.85. The van der Waals surface area contributed by atoms with Crippen molar-refractivity contribution in [3.05, 3.63) is 0 Å². The van der Waals surface area contributed by atoms with Crippen LogP contribution in [0.1, 0.15) is 47.0 Å². The molecule has 1 rings (SSSR count). The van der Waals surface area contributed by atoms with E-state index < -0.39 is 0 Å². The van der Waals surface area contributed by atoms with E-state index in [9.17, 15) is 0 Å². The summed E-state index contributed by atoms with van der Waals surface area (Å²) in [5.74, 6) is 0.801. The molecule has 2 nitrogen and oxygen atoms in total. The lowest BCUT2D eigenvalue weighted by molar-refractivity contribution is -0.0628. The van der Waals surface area contributed by atoms with Gasteiger partial charge in [0, 0.05) is 12.6 Å². The molecule has 1 unspecified atom stereocenters. The highest BCUT2D eigenvalue weighted by atomic mass is 16.5. The third kappa shape index (κ3) is 4.43. The fourth-order valence-corrected chi connectivity index (χ4v) is 1.98. The van der Waals surface area contributed by atoms with Gasteiger partial charge in [0.1, 0.15) is 0 Å². The molecule has 0 aromatic rings. The Morgan fingerprint density at radius 2 is 2.14 bits per heavy atom. The van der Waals surface area contributed by atoms with Crippen molar-refractivity contribution in [3.8, 4) is 0 Å². The molecule has 0 spiro atoms. The van der Waals surface area contributed by atoms with Crippen molar-refractivity contribution in [2.24, 2.45) is 5.92 Å². The molecule has 2 heteroatoms. The Morgan fingerprint density at radius 3 is 2.71 bits per heavy atom. The topological polar surface area (TPSA) is 21.3 Å². The molecule has 14 heavy (non-hydrogen) atoms. The first-order chi connectivity index (χ1) is 6.49. The van der Waals surface area contributed by atoms with Crippen LogP contribution in [-0.4, -0.2) is 24.8 Å². The highest BCUT2D eigenvalue weighted by Crippen LogP contribution is 2.23. The Morgan fingerprint density at radius 1 is 1.43 bits per heavy atom. The number of rotatable bonds is 4. The molecule has 1 saturated heterocycles. The van der Waals surface area contributed by atoms with E-state index in [4.69, 9.17) is 4.74 Å². The average molecular weight is 199 g/mol. The average Bonchev–Trinajstić information content (AvgIpc) is 2.01. The first-order valence-corrected chi connectivity index (χ1v) is 5.87. The summed E-state index contributed by atoms with van der Waals surface area (Å²) >= 11 is 0. The Bertz CT molecular complexity index is 166. The van der Waals surface area contributed by atoms with Gasteiger partial charge in [0.25, 0.3) is 0 Å². The number of hydrogen-bond donors (Lipinski definition) is 1. The number of nitrogens with one attached hydrogen (secondary N) is 1. The molecule has 0 saturated carbocycles. The largest absolute Gasteiger partial charge is 0.375 e. The SMILES string of the molecule is CC(C)CCNC1CCOC(C)(C)C1. The normalized spacial score (nSPS) is 26.8. The lowest BCUT2D eigenvalue weighted by Gasteiger charge is -2.36. The van der Waals surface area contributed by atoms with Crippen LogP contribution in [0.25, 0.3) is 0 Å². The molecule has 0 aliphatic carbocycles. The zero-order chi connectivity index (χ0) is 10.6. The molecule has 1 atom stereocenters. The van der Waals surface area contributed by atoms with Crippen molar-refractivity contribution in [3.63, 3.8) is 0 Å². The summed E-state index contributed by atoms with van der Waals surface area (Å²) in [6, 6.07) is 0.664. The number of hydrogen-bond acceptors (Lipinski definition) is 2. The van der Waals surface area contributed by atoms with Gasteiger partial charge in [0.15, 0.2) is 0 Å². The summed E-state index contributed by atoms with van der Waals surface area (Å²) in [6.45, 7) is 11.0. The predicted octanol–water partition coefficient (Wildman–Crippen LogP) is 2.58. The molecule has 1 N–H and O–H groups in total. The van der Waals surface area contributed by atoms with Crippen molar-refractivity contribution in [1.29, 1.82) is 0 Å². The summed E-state index contributed by atoms with van der Waals surface area (Å²) in [5.41, 5.74) is 0.0771. The molecule has 84 valence electrons. The second-order valence-electron chi connectivity index (χ2n) is 5.43. The van der Waals surface area contributed by atoms with Crippen LogP contribution >= 0.6 is 0 Å². The smallest absolute Gasteiger partial charge is 0.0641 e. The quantitative estimate of drug-likeness (QED) is 0.751. The van der Waals surface area contributed by atoms with Crippen LogP contribution in [0.3, 0.4) is 0 Å². The van der Waals surface area contributed by atoms with Crippen LogP contribution in [0.4, 0.5) is 0 Å². The van der Waals surface area contributed by atoms with Gasteiger partial charge in [0.2, 0.25) is 0 Å². The van der Waals surface area contributed by atoms with Crippen LogP contribution in [0.15, 0.2) is 0 Å². The Balaban J connectivity index is 2.18. The zero-order valence-corrected chi connectivity index (χ0v) is 10.1. The minimum absolute atomic E-state index is 0.0771. The second kappa shape index (κ2) is 5.13. The maximum Gasteiger partial charge on any atom is 0.0641 e. The van der Waals surface area contributed by atoms with E-state index in [2.05, 4.69) is 33.0 Å². The van der Waals surface area contributed by atoms with Gasteiger partial charge in [-0.05, 0) is 45.6 Å². The van der Waals surface area contributed by atoms with E-state index >= 15 is 0 Å². The molecule has 1 aliphatic heterocycles. The van der Waals surface area contributed by atoms with Crippen molar-refractivity contribution in [1.82, 2.24) is 5.32 Å². The maximum atomic E-state index is 5.68. The van der Waals surface area contributed by atoms with E-state index in [-0.39, 0.29) is 5.60 Å². The lowest BCUT2D eigenvalue weighted by Crippen LogP contribution is -2.44. The van der Waals surface area contributed by atoms with Gasteiger partial charge in [-0.15, -0.1) is 0 Å².